The monoisotopic (exact) mass is 772 g/mol. The molecule has 4 rings (SSSR count). The zero-order valence-electron chi connectivity index (χ0n) is 30.3. The second-order valence-electron chi connectivity index (χ2n) is 13.5. The molecule has 0 aliphatic rings. The molecule has 4 aromatic rings. The number of nitrogens with one attached hydrogen (secondary N) is 3. The second kappa shape index (κ2) is 17.9. The molecule has 17 nitrogen and oxygen atoms in total. The van der Waals surface area contributed by atoms with Crippen LogP contribution < -0.4 is 10.6 Å². The fraction of sp³-hybridized carbons (Fsp3) is 0.452. The first-order valence-corrected chi connectivity index (χ1v) is 15.9. The van der Waals surface area contributed by atoms with Gasteiger partial charge in [-0.15, -0.1) is 5.10 Å². The van der Waals surface area contributed by atoms with Gasteiger partial charge in [-0.2, -0.15) is 19.7 Å². The number of aryl methyl sites for hydroxylation is 2. The van der Waals surface area contributed by atoms with Gasteiger partial charge in [0.05, 0.1) is 12.4 Å². The fourth-order valence-electron chi connectivity index (χ4n) is 3.23. The zero-order chi connectivity index (χ0) is 39.6. The smallest absolute Gasteiger partial charge is 0.442 e. The number of aromatic nitrogens is 8. The summed E-state index contributed by atoms with van der Waals surface area (Å²) in [5.41, 5.74) is -0.650. The summed E-state index contributed by atoms with van der Waals surface area (Å²) in [7, 11) is 0. The van der Waals surface area contributed by atoms with E-state index in [0.717, 1.165) is 22.8 Å². The summed E-state index contributed by atoms with van der Waals surface area (Å²) < 4.78 is 46.9. The Bertz CT molecular complexity index is 1830. The van der Waals surface area contributed by atoms with Crippen LogP contribution in [0.3, 0.4) is 0 Å². The first kappa shape index (κ1) is 43.0. The number of H-pyrrole nitrogens is 1. The summed E-state index contributed by atoms with van der Waals surface area (Å²) in [6.45, 7) is 18.8. The number of carbonyl (C=O) groups excluding carboxylic acids is 3. The lowest BCUT2D eigenvalue weighted by Gasteiger charge is -2.20. The molecule has 52 heavy (non-hydrogen) atoms. The molecule has 0 bridgehead atoms. The second-order valence-corrected chi connectivity index (χ2v) is 14.1. The van der Waals surface area contributed by atoms with E-state index in [0.29, 0.717) is 11.5 Å². The number of carbonyl (C=O) groups is 3. The Balaban J connectivity index is 0.000000279. The molecule has 0 radical (unpaired) electrons. The number of rotatable bonds is 4. The topological polar surface area (TPSA) is 210 Å². The highest BCUT2D eigenvalue weighted by atomic mass is 35.5. The minimum Gasteiger partial charge on any atom is -0.442 e. The Labute approximate surface area is 308 Å². The van der Waals surface area contributed by atoms with Crippen molar-refractivity contribution in [2.75, 3.05) is 10.6 Å². The molecule has 0 aliphatic carbocycles. The molecule has 0 fully saturated rings. The van der Waals surface area contributed by atoms with Crippen LogP contribution >= 0.6 is 23.2 Å². The van der Waals surface area contributed by atoms with Crippen LogP contribution in [0.25, 0.3) is 0 Å². The Morgan fingerprint density at radius 2 is 1.17 bits per heavy atom. The third-order valence-electron chi connectivity index (χ3n) is 5.03. The van der Waals surface area contributed by atoms with E-state index in [1.807, 2.05) is 6.92 Å². The Morgan fingerprint density at radius 1 is 0.731 bits per heavy atom. The van der Waals surface area contributed by atoms with Gasteiger partial charge in [-0.05, 0) is 99.4 Å². The molecule has 3 N–H and O–H groups in total. The maximum atomic E-state index is 13.6. The van der Waals surface area contributed by atoms with Crippen LogP contribution in [0.4, 0.5) is 46.4 Å². The van der Waals surface area contributed by atoms with Gasteiger partial charge in [-0.3, -0.25) is 5.10 Å². The van der Waals surface area contributed by atoms with E-state index in [1.165, 1.54) is 0 Å². The number of nitrogens with zero attached hydrogens (tertiary/aromatic N) is 7. The van der Waals surface area contributed by atoms with Crippen LogP contribution in [0.1, 0.15) is 73.7 Å². The SMILES string of the molecule is CC(C)(C)OC(=O)OC(=O)OC(C)(C)C.Cc1cc(Nc2nc(Cl)ncc2F)n[nH]1.Cc1cc(Nc2nc(Cl)ncc2F)nn1C(=O)OC(C)(C)C. The molecule has 0 atom stereocenters. The van der Waals surface area contributed by atoms with Crippen LogP contribution in [0.2, 0.25) is 10.6 Å². The predicted octanol–water partition coefficient (Wildman–Crippen LogP) is 8.22. The van der Waals surface area contributed by atoms with Crippen LogP contribution in [0.5, 0.6) is 0 Å². The highest BCUT2D eigenvalue weighted by molar-refractivity contribution is 6.28. The van der Waals surface area contributed by atoms with E-state index in [2.05, 4.69) is 50.6 Å². The van der Waals surface area contributed by atoms with Gasteiger partial charge >= 0.3 is 18.4 Å². The molecule has 0 aliphatic heterocycles. The molecule has 0 amide bonds. The molecule has 0 unspecified atom stereocenters. The lowest BCUT2D eigenvalue weighted by atomic mass is 10.2. The van der Waals surface area contributed by atoms with E-state index in [9.17, 15) is 23.2 Å². The van der Waals surface area contributed by atoms with Crippen molar-refractivity contribution >= 4 is 64.9 Å². The lowest BCUT2D eigenvalue weighted by Crippen LogP contribution is -2.29. The minimum atomic E-state index is -1.06. The van der Waals surface area contributed by atoms with Gasteiger partial charge in [0.15, 0.2) is 34.9 Å². The molecule has 0 aromatic carbocycles. The first-order chi connectivity index (χ1) is 23.8. The summed E-state index contributed by atoms with van der Waals surface area (Å²) in [4.78, 5) is 48.4. The molecule has 21 heteroatoms. The van der Waals surface area contributed by atoms with Crippen LogP contribution in [0, 0.1) is 25.5 Å². The Hall–Kier alpha value is -5.17. The first-order valence-electron chi connectivity index (χ1n) is 15.2. The maximum Gasteiger partial charge on any atom is 0.519 e. The molecule has 0 saturated carbocycles. The largest absolute Gasteiger partial charge is 0.519 e. The molecular weight excluding hydrogens is 733 g/mol. The van der Waals surface area contributed by atoms with E-state index >= 15 is 0 Å². The van der Waals surface area contributed by atoms with E-state index in [4.69, 9.17) is 37.4 Å². The highest BCUT2D eigenvalue weighted by Crippen LogP contribution is 2.20. The number of hydrogen-bond acceptors (Lipinski definition) is 15. The normalized spacial score (nSPS) is 11.2. The van der Waals surface area contributed by atoms with E-state index in [-0.39, 0.29) is 28.0 Å². The average molecular weight is 774 g/mol. The highest BCUT2D eigenvalue weighted by Gasteiger charge is 2.24. The van der Waals surface area contributed by atoms with Crippen molar-refractivity contribution in [2.24, 2.45) is 0 Å². The van der Waals surface area contributed by atoms with Gasteiger partial charge in [0.1, 0.15) is 16.8 Å². The summed E-state index contributed by atoms with van der Waals surface area (Å²) in [5.74, 6) is -0.692. The van der Waals surface area contributed by atoms with Crippen molar-refractivity contribution in [3.05, 3.63) is 58.1 Å². The zero-order valence-corrected chi connectivity index (χ0v) is 31.8. The summed E-state index contributed by atoms with van der Waals surface area (Å²) in [6, 6.07) is 3.27. The molecule has 0 saturated heterocycles. The van der Waals surface area contributed by atoms with Crippen LogP contribution in [-0.4, -0.2) is 75.1 Å². The van der Waals surface area contributed by atoms with Gasteiger partial charge in [-0.25, -0.2) is 33.1 Å². The van der Waals surface area contributed by atoms with E-state index < -0.39 is 46.8 Å². The fourth-order valence-corrected chi connectivity index (χ4v) is 3.49. The summed E-state index contributed by atoms with van der Waals surface area (Å²) >= 11 is 11.1. The molecule has 284 valence electrons. The van der Waals surface area contributed by atoms with E-state index in [1.54, 1.807) is 81.4 Å². The van der Waals surface area contributed by atoms with Crippen LogP contribution in [0.15, 0.2) is 24.5 Å². The van der Waals surface area contributed by atoms with Crippen molar-refractivity contribution in [1.82, 2.24) is 39.9 Å². The van der Waals surface area contributed by atoms with Crippen molar-refractivity contribution in [1.29, 1.82) is 0 Å². The molecule has 0 spiro atoms. The molecular formula is C31H40Cl2F2N10O7. The summed E-state index contributed by atoms with van der Waals surface area (Å²) in [6.07, 6.45) is -0.806. The number of halogens is 4. The third-order valence-corrected chi connectivity index (χ3v) is 5.39. The standard InChI is InChI=1S/C13H15ClFN5O2.C10H18O5.C8H7ClFN5/c1-7-5-9(17-10-8(15)6-16-11(14)18-10)19-20(7)12(21)22-13(2,3)4;1-9(2,3)14-7(11)13-8(12)15-10(4,5)6;1-4-2-6(15-14-4)12-7-5(10)3-11-8(9)13-7/h5-6H,1-4H3,(H,16,17,18,19);1-6H3;2-3H,1H3,(H2,11,12,13,14,15). The lowest BCUT2D eigenvalue weighted by molar-refractivity contribution is -0.0294. The number of anilines is 4. The number of aromatic amines is 1. The van der Waals surface area contributed by atoms with Gasteiger partial charge < -0.3 is 29.6 Å². The van der Waals surface area contributed by atoms with Gasteiger partial charge in [0.25, 0.3) is 0 Å². The van der Waals surface area contributed by atoms with Crippen molar-refractivity contribution < 1.29 is 42.1 Å². The Morgan fingerprint density at radius 3 is 1.58 bits per heavy atom. The van der Waals surface area contributed by atoms with Crippen molar-refractivity contribution in [3.63, 3.8) is 0 Å². The molecule has 4 aromatic heterocycles. The minimum absolute atomic E-state index is 0.00139. The Kier molecular flexibility index (Phi) is 14.8. The average Bonchev–Trinajstić information content (AvgIpc) is 3.54. The van der Waals surface area contributed by atoms with Crippen molar-refractivity contribution in [2.45, 2.75) is 93.0 Å². The third kappa shape index (κ3) is 16.2. The number of ether oxygens (including phenoxy) is 4. The number of hydrogen-bond donors (Lipinski definition) is 3. The maximum absolute atomic E-state index is 13.6. The van der Waals surface area contributed by atoms with Crippen molar-refractivity contribution in [3.8, 4) is 0 Å². The quantitative estimate of drug-likeness (QED) is 0.0772. The van der Waals surface area contributed by atoms with Gasteiger partial charge in [-0.1, -0.05) is 0 Å². The summed E-state index contributed by atoms with van der Waals surface area (Å²) in [5, 5.41) is 15.8. The van der Waals surface area contributed by atoms with Gasteiger partial charge in [0.2, 0.25) is 10.6 Å². The van der Waals surface area contributed by atoms with Crippen LogP contribution in [-0.2, 0) is 18.9 Å². The predicted molar refractivity (Wildman–Crippen MR) is 186 cm³/mol. The van der Waals surface area contributed by atoms with Gasteiger partial charge in [0, 0.05) is 23.5 Å². The molecule has 4 heterocycles.